The van der Waals surface area contributed by atoms with Crippen LogP contribution in [0, 0.1) is 0 Å². The molecule has 0 N–H and O–H groups in total. The monoisotopic (exact) mass is 126 g/mol. The Morgan fingerprint density at radius 3 is 2.67 bits per heavy atom. The Kier molecular flexibility index (Phi) is 1.62. The lowest BCUT2D eigenvalue weighted by atomic mass is 9.95. The maximum atomic E-state index is 5.50. The van der Waals surface area contributed by atoms with Crippen molar-refractivity contribution in [3.8, 4) is 0 Å². The molecule has 1 unspecified atom stereocenters. The highest BCUT2D eigenvalue weighted by atomic mass is 16.5. The van der Waals surface area contributed by atoms with Gasteiger partial charge in [-0.05, 0) is 25.3 Å². The quantitative estimate of drug-likeness (QED) is 0.489. The molecular formula is C8H14O. The number of ether oxygens (including phenoxy) is 1. The molecule has 0 aromatic heterocycles. The second-order valence-electron chi connectivity index (χ2n) is 2.79. The second-order valence-corrected chi connectivity index (χ2v) is 2.79. The summed E-state index contributed by atoms with van der Waals surface area (Å²) in [6.45, 7) is 9.07. The minimum Gasteiger partial charge on any atom is -0.371 e. The zero-order chi connectivity index (χ0) is 6.91. The van der Waals surface area contributed by atoms with Crippen LogP contribution >= 0.6 is 0 Å². The molecule has 0 aromatic rings. The van der Waals surface area contributed by atoms with Crippen molar-refractivity contribution in [2.45, 2.75) is 32.3 Å². The fraction of sp³-hybridized carbons (Fsp3) is 0.750. The van der Waals surface area contributed by atoms with E-state index in [-0.39, 0.29) is 5.60 Å². The first-order valence-corrected chi connectivity index (χ1v) is 3.51. The second kappa shape index (κ2) is 2.14. The summed E-state index contributed by atoms with van der Waals surface area (Å²) in [5, 5.41) is 0. The fourth-order valence-electron chi connectivity index (χ4n) is 1.12. The molecule has 0 radical (unpaired) electrons. The third-order valence-electron chi connectivity index (χ3n) is 2.25. The highest BCUT2D eigenvalue weighted by molar-refractivity contribution is 5.14. The Labute approximate surface area is 56.7 Å². The van der Waals surface area contributed by atoms with E-state index in [4.69, 9.17) is 4.74 Å². The molecule has 9 heavy (non-hydrogen) atoms. The van der Waals surface area contributed by atoms with Gasteiger partial charge in [-0.1, -0.05) is 13.5 Å². The van der Waals surface area contributed by atoms with E-state index in [0.717, 1.165) is 19.4 Å². The van der Waals surface area contributed by atoms with E-state index in [0.29, 0.717) is 0 Å². The molecule has 1 aliphatic rings. The van der Waals surface area contributed by atoms with Gasteiger partial charge in [0.25, 0.3) is 0 Å². The minimum atomic E-state index is 0. The van der Waals surface area contributed by atoms with E-state index >= 15 is 0 Å². The molecule has 1 nitrogen and oxygen atoms in total. The normalized spacial score (nSPS) is 35.6. The van der Waals surface area contributed by atoms with Gasteiger partial charge in [0.2, 0.25) is 0 Å². The molecule has 1 saturated heterocycles. The lowest BCUT2D eigenvalue weighted by Crippen LogP contribution is -2.22. The maximum absolute atomic E-state index is 5.50. The average molecular weight is 126 g/mol. The van der Waals surface area contributed by atoms with E-state index in [1.807, 2.05) is 0 Å². The zero-order valence-corrected chi connectivity index (χ0v) is 6.24. The Hall–Kier alpha value is -0.300. The highest BCUT2D eigenvalue weighted by Gasteiger charge is 2.30. The summed E-state index contributed by atoms with van der Waals surface area (Å²) in [7, 11) is 0. The largest absolute Gasteiger partial charge is 0.371 e. The summed E-state index contributed by atoms with van der Waals surface area (Å²) >= 11 is 0. The van der Waals surface area contributed by atoms with E-state index in [9.17, 15) is 0 Å². The van der Waals surface area contributed by atoms with Gasteiger partial charge in [0.15, 0.2) is 0 Å². The third kappa shape index (κ3) is 1.01. The van der Waals surface area contributed by atoms with Crippen LogP contribution in [-0.4, -0.2) is 12.2 Å². The molecule has 1 heteroatoms. The summed E-state index contributed by atoms with van der Waals surface area (Å²) in [5.74, 6) is 0. The molecule has 0 amide bonds. The van der Waals surface area contributed by atoms with Crippen LogP contribution < -0.4 is 0 Å². The third-order valence-corrected chi connectivity index (χ3v) is 2.25. The Morgan fingerprint density at radius 1 is 1.78 bits per heavy atom. The maximum Gasteiger partial charge on any atom is 0.0859 e. The zero-order valence-electron chi connectivity index (χ0n) is 6.24. The molecule has 1 aliphatic heterocycles. The molecule has 1 heterocycles. The molecule has 0 aromatic carbocycles. The molecule has 0 bridgehead atoms. The summed E-state index contributed by atoms with van der Waals surface area (Å²) in [6.07, 6.45) is 2.09. The first-order valence-electron chi connectivity index (χ1n) is 3.51. The van der Waals surface area contributed by atoms with Crippen molar-refractivity contribution < 1.29 is 4.74 Å². The van der Waals surface area contributed by atoms with E-state index in [1.54, 1.807) is 0 Å². The van der Waals surface area contributed by atoms with Crippen molar-refractivity contribution >= 4 is 0 Å². The van der Waals surface area contributed by atoms with Gasteiger partial charge in [-0.25, -0.2) is 0 Å². The predicted octanol–water partition coefficient (Wildman–Crippen LogP) is 2.13. The predicted molar refractivity (Wildman–Crippen MR) is 38.4 cm³/mol. The Morgan fingerprint density at radius 2 is 2.44 bits per heavy atom. The van der Waals surface area contributed by atoms with Crippen LogP contribution in [0.1, 0.15) is 26.7 Å². The lowest BCUT2D eigenvalue weighted by molar-refractivity contribution is 0.0370. The van der Waals surface area contributed by atoms with Crippen LogP contribution in [0.15, 0.2) is 12.2 Å². The van der Waals surface area contributed by atoms with Crippen LogP contribution in [0.5, 0.6) is 0 Å². The SMILES string of the molecule is C=C1CCOC1(C)CC. The lowest BCUT2D eigenvalue weighted by Gasteiger charge is -2.21. The molecule has 1 atom stereocenters. The van der Waals surface area contributed by atoms with Gasteiger partial charge in [0.05, 0.1) is 12.2 Å². The molecule has 52 valence electrons. The number of hydrogen-bond donors (Lipinski definition) is 0. The van der Waals surface area contributed by atoms with Crippen LogP contribution in [-0.2, 0) is 4.74 Å². The van der Waals surface area contributed by atoms with Gasteiger partial charge in [-0.3, -0.25) is 0 Å². The summed E-state index contributed by atoms with van der Waals surface area (Å²) in [5.41, 5.74) is 1.25. The topological polar surface area (TPSA) is 9.23 Å². The summed E-state index contributed by atoms with van der Waals surface area (Å²) in [6, 6.07) is 0. The van der Waals surface area contributed by atoms with Gasteiger partial charge in [-0.15, -0.1) is 0 Å². The molecule has 0 aliphatic carbocycles. The van der Waals surface area contributed by atoms with Gasteiger partial charge < -0.3 is 4.74 Å². The van der Waals surface area contributed by atoms with Crippen LogP contribution in [0.4, 0.5) is 0 Å². The van der Waals surface area contributed by atoms with Crippen LogP contribution in [0.25, 0.3) is 0 Å². The van der Waals surface area contributed by atoms with Crippen molar-refractivity contribution in [3.05, 3.63) is 12.2 Å². The molecule has 1 fully saturated rings. The van der Waals surface area contributed by atoms with Crippen molar-refractivity contribution in [1.29, 1.82) is 0 Å². The van der Waals surface area contributed by atoms with Crippen molar-refractivity contribution in [1.82, 2.24) is 0 Å². The highest BCUT2D eigenvalue weighted by Crippen LogP contribution is 2.32. The van der Waals surface area contributed by atoms with Crippen LogP contribution in [0.2, 0.25) is 0 Å². The molecule has 0 saturated carbocycles. The summed E-state index contributed by atoms with van der Waals surface area (Å²) in [4.78, 5) is 0. The smallest absolute Gasteiger partial charge is 0.0859 e. The fourth-order valence-corrected chi connectivity index (χ4v) is 1.12. The number of hydrogen-bond acceptors (Lipinski definition) is 1. The summed E-state index contributed by atoms with van der Waals surface area (Å²) < 4.78 is 5.50. The van der Waals surface area contributed by atoms with E-state index in [2.05, 4.69) is 20.4 Å². The van der Waals surface area contributed by atoms with E-state index in [1.165, 1.54) is 5.57 Å². The van der Waals surface area contributed by atoms with Crippen LogP contribution in [0.3, 0.4) is 0 Å². The van der Waals surface area contributed by atoms with Crippen molar-refractivity contribution in [2.75, 3.05) is 6.61 Å². The van der Waals surface area contributed by atoms with Crippen molar-refractivity contribution in [3.63, 3.8) is 0 Å². The van der Waals surface area contributed by atoms with Crippen molar-refractivity contribution in [2.24, 2.45) is 0 Å². The standard InChI is InChI=1S/C8H14O/c1-4-8(3)7(2)5-6-9-8/h2,4-6H2,1,3H3. The first kappa shape index (κ1) is 6.81. The van der Waals surface area contributed by atoms with Gasteiger partial charge in [-0.2, -0.15) is 0 Å². The molecular weight excluding hydrogens is 112 g/mol. The van der Waals surface area contributed by atoms with Gasteiger partial charge in [0.1, 0.15) is 0 Å². The molecule has 0 spiro atoms. The Balaban J connectivity index is 2.67. The minimum absolute atomic E-state index is 0. The number of rotatable bonds is 1. The van der Waals surface area contributed by atoms with E-state index < -0.39 is 0 Å². The van der Waals surface area contributed by atoms with Gasteiger partial charge in [0, 0.05) is 0 Å². The average Bonchev–Trinajstić information content (AvgIpc) is 2.15. The molecule has 1 rings (SSSR count). The van der Waals surface area contributed by atoms with Gasteiger partial charge >= 0.3 is 0 Å². The Bertz CT molecular complexity index is 129. The first-order chi connectivity index (χ1) is 4.19.